The monoisotopic (exact) mass is 329 g/mol. The summed E-state index contributed by atoms with van der Waals surface area (Å²) in [4.78, 5) is 2.59. The van der Waals surface area contributed by atoms with Crippen LogP contribution in [0.25, 0.3) is 0 Å². The van der Waals surface area contributed by atoms with Crippen LogP contribution >= 0.6 is 0 Å². The SMILES string of the molecule is C[C@H](CCc1ccccc1)N(Cc1ccccc1)Cc1ccccc1. The highest BCUT2D eigenvalue weighted by Gasteiger charge is 2.15. The van der Waals surface area contributed by atoms with Gasteiger partial charge in [-0.15, -0.1) is 0 Å². The molecule has 0 amide bonds. The summed E-state index contributed by atoms with van der Waals surface area (Å²) < 4.78 is 0. The number of nitrogens with zero attached hydrogens (tertiary/aromatic N) is 1. The minimum atomic E-state index is 0.528. The first-order valence-electron chi connectivity index (χ1n) is 9.17. The number of hydrogen-bond acceptors (Lipinski definition) is 1. The van der Waals surface area contributed by atoms with Crippen LogP contribution in [-0.2, 0) is 19.5 Å². The molecular weight excluding hydrogens is 302 g/mol. The van der Waals surface area contributed by atoms with E-state index in [4.69, 9.17) is 0 Å². The molecule has 0 N–H and O–H groups in total. The van der Waals surface area contributed by atoms with Crippen molar-refractivity contribution in [3.63, 3.8) is 0 Å². The molecule has 0 aliphatic heterocycles. The van der Waals surface area contributed by atoms with E-state index in [2.05, 4.69) is 103 Å². The number of aryl methyl sites for hydroxylation is 1. The van der Waals surface area contributed by atoms with Crippen LogP contribution in [0.1, 0.15) is 30.0 Å². The third-order valence-corrected chi connectivity index (χ3v) is 4.77. The molecule has 0 spiro atoms. The average Bonchev–Trinajstić information content (AvgIpc) is 2.68. The van der Waals surface area contributed by atoms with Crippen LogP contribution in [0.5, 0.6) is 0 Å². The highest BCUT2D eigenvalue weighted by molar-refractivity contribution is 5.18. The van der Waals surface area contributed by atoms with Crippen molar-refractivity contribution in [1.29, 1.82) is 0 Å². The normalized spacial score (nSPS) is 12.2. The van der Waals surface area contributed by atoms with Gasteiger partial charge in [-0.2, -0.15) is 0 Å². The van der Waals surface area contributed by atoms with Crippen LogP contribution in [-0.4, -0.2) is 10.9 Å². The molecule has 3 aromatic carbocycles. The molecule has 1 heteroatoms. The van der Waals surface area contributed by atoms with E-state index in [-0.39, 0.29) is 0 Å². The van der Waals surface area contributed by atoms with Gasteiger partial charge in [-0.1, -0.05) is 91.0 Å². The second kappa shape index (κ2) is 9.19. The second-order valence-electron chi connectivity index (χ2n) is 6.75. The van der Waals surface area contributed by atoms with Gasteiger partial charge in [0, 0.05) is 19.1 Å². The molecule has 1 atom stereocenters. The smallest absolute Gasteiger partial charge is 0.0240 e. The Labute approximate surface area is 151 Å². The van der Waals surface area contributed by atoms with Gasteiger partial charge < -0.3 is 0 Å². The molecule has 0 fully saturated rings. The maximum absolute atomic E-state index is 2.59. The molecule has 0 radical (unpaired) electrons. The van der Waals surface area contributed by atoms with E-state index < -0.39 is 0 Å². The van der Waals surface area contributed by atoms with E-state index in [1.165, 1.54) is 23.1 Å². The number of rotatable bonds is 8. The summed E-state index contributed by atoms with van der Waals surface area (Å²) in [6.45, 7) is 4.34. The molecule has 0 aliphatic rings. The van der Waals surface area contributed by atoms with Crippen molar-refractivity contribution in [2.45, 2.75) is 38.9 Å². The first-order valence-corrected chi connectivity index (χ1v) is 9.17. The lowest BCUT2D eigenvalue weighted by Gasteiger charge is -2.29. The molecule has 0 saturated heterocycles. The minimum Gasteiger partial charge on any atom is -0.292 e. The Bertz CT molecular complexity index is 680. The fourth-order valence-corrected chi connectivity index (χ4v) is 3.21. The van der Waals surface area contributed by atoms with E-state index in [0.717, 1.165) is 19.5 Å². The van der Waals surface area contributed by atoms with Gasteiger partial charge in [0.2, 0.25) is 0 Å². The predicted octanol–water partition coefficient (Wildman–Crippen LogP) is 5.71. The summed E-state index contributed by atoms with van der Waals surface area (Å²) in [6, 6.07) is 32.9. The van der Waals surface area contributed by atoms with Gasteiger partial charge in [0.25, 0.3) is 0 Å². The summed E-state index contributed by atoms with van der Waals surface area (Å²) >= 11 is 0. The molecule has 0 unspecified atom stereocenters. The lowest BCUT2D eigenvalue weighted by Crippen LogP contribution is -2.32. The maximum Gasteiger partial charge on any atom is 0.0240 e. The standard InChI is InChI=1S/C24H27N/c1-21(17-18-22-11-5-2-6-12-22)25(19-23-13-7-3-8-14-23)20-24-15-9-4-10-16-24/h2-16,21H,17-20H2,1H3/t21-/m1/s1. The van der Waals surface area contributed by atoms with Crippen LogP contribution < -0.4 is 0 Å². The maximum atomic E-state index is 2.59. The van der Waals surface area contributed by atoms with Gasteiger partial charge >= 0.3 is 0 Å². The Morgan fingerprint density at radius 2 is 1.00 bits per heavy atom. The molecule has 0 saturated carbocycles. The van der Waals surface area contributed by atoms with Crippen molar-refractivity contribution in [2.75, 3.05) is 0 Å². The van der Waals surface area contributed by atoms with Gasteiger partial charge in [-0.05, 0) is 36.5 Å². The summed E-state index contributed by atoms with van der Waals surface area (Å²) in [5.74, 6) is 0. The van der Waals surface area contributed by atoms with Crippen molar-refractivity contribution in [3.8, 4) is 0 Å². The average molecular weight is 329 g/mol. The fourth-order valence-electron chi connectivity index (χ4n) is 3.21. The molecule has 25 heavy (non-hydrogen) atoms. The molecule has 0 aromatic heterocycles. The van der Waals surface area contributed by atoms with Gasteiger partial charge in [0.15, 0.2) is 0 Å². The molecule has 1 nitrogen and oxygen atoms in total. The lowest BCUT2D eigenvalue weighted by atomic mass is 10.0. The lowest BCUT2D eigenvalue weighted by molar-refractivity contribution is 0.182. The topological polar surface area (TPSA) is 3.24 Å². The zero-order valence-electron chi connectivity index (χ0n) is 15.0. The van der Waals surface area contributed by atoms with E-state index in [0.29, 0.717) is 6.04 Å². The van der Waals surface area contributed by atoms with Crippen LogP contribution in [0.3, 0.4) is 0 Å². The third-order valence-electron chi connectivity index (χ3n) is 4.77. The van der Waals surface area contributed by atoms with Crippen molar-refractivity contribution in [1.82, 2.24) is 4.90 Å². The van der Waals surface area contributed by atoms with Crippen LogP contribution in [0.4, 0.5) is 0 Å². The van der Waals surface area contributed by atoms with Crippen molar-refractivity contribution in [3.05, 3.63) is 108 Å². The molecular formula is C24H27N. The number of hydrogen-bond donors (Lipinski definition) is 0. The van der Waals surface area contributed by atoms with E-state index >= 15 is 0 Å². The largest absolute Gasteiger partial charge is 0.292 e. The highest BCUT2D eigenvalue weighted by atomic mass is 15.1. The van der Waals surface area contributed by atoms with Crippen molar-refractivity contribution >= 4 is 0 Å². The minimum absolute atomic E-state index is 0.528. The van der Waals surface area contributed by atoms with Gasteiger partial charge in [-0.3, -0.25) is 4.90 Å². The first kappa shape index (κ1) is 17.4. The Kier molecular flexibility index (Phi) is 6.42. The molecule has 0 bridgehead atoms. The van der Waals surface area contributed by atoms with Gasteiger partial charge in [0.05, 0.1) is 0 Å². The third kappa shape index (κ3) is 5.58. The van der Waals surface area contributed by atoms with E-state index in [1.807, 2.05) is 0 Å². The zero-order valence-corrected chi connectivity index (χ0v) is 15.0. The first-order chi connectivity index (χ1) is 12.3. The van der Waals surface area contributed by atoms with Gasteiger partial charge in [-0.25, -0.2) is 0 Å². The second-order valence-corrected chi connectivity index (χ2v) is 6.75. The van der Waals surface area contributed by atoms with Crippen LogP contribution in [0.15, 0.2) is 91.0 Å². The number of benzene rings is 3. The Hall–Kier alpha value is -2.38. The summed E-state index contributed by atoms with van der Waals surface area (Å²) in [7, 11) is 0. The summed E-state index contributed by atoms with van der Waals surface area (Å²) in [5, 5.41) is 0. The molecule has 3 aromatic rings. The van der Waals surface area contributed by atoms with E-state index in [1.54, 1.807) is 0 Å². The van der Waals surface area contributed by atoms with Gasteiger partial charge in [0.1, 0.15) is 0 Å². The zero-order chi connectivity index (χ0) is 17.3. The quantitative estimate of drug-likeness (QED) is 0.511. The summed E-state index contributed by atoms with van der Waals surface area (Å²) in [6.07, 6.45) is 2.30. The highest BCUT2D eigenvalue weighted by Crippen LogP contribution is 2.17. The van der Waals surface area contributed by atoms with Crippen molar-refractivity contribution in [2.24, 2.45) is 0 Å². The van der Waals surface area contributed by atoms with Crippen LogP contribution in [0.2, 0.25) is 0 Å². The molecule has 3 rings (SSSR count). The molecule has 0 heterocycles. The molecule has 0 aliphatic carbocycles. The Morgan fingerprint density at radius 3 is 1.44 bits per heavy atom. The summed E-state index contributed by atoms with van der Waals surface area (Å²) in [5.41, 5.74) is 4.18. The van der Waals surface area contributed by atoms with Crippen molar-refractivity contribution < 1.29 is 0 Å². The molecule has 128 valence electrons. The Balaban J connectivity index is 1.68. The van der Waals surface area contributed by atoms with Crippen LogP contribution in [0, 0.1) is 0 Å². The predicted molar refractivity (Wildman–Crippen MR) is 106 cm³/mol. The fraction of sp³-hybridized carbons (Fsp3) is 0.250. The van der Waals surface area contributed by atoms with E-state index in [9.17, 15) is 0 Å². The Morgan fingerprint density at radius 1 is 0.600 bits per heavy atom.